The molecular formula is C20H33ClO2. The molecule has 0 amide bonds. The third kappa shape index (κ3) is 18.9. The number of halogens is 1. The Morgan fingerprint density at radius 2 is 1.43 bits per heavy atom. The number of hydrogen-bond acceptors (Lipinski definition) is 2. The standard InChI is InChI=1S/C20H33ClO2/c1-2-3-4-5-6-7-8-9-10-11-12-13-14-15-16-17-20(22)23-19-18-21/h6-7,9-10,12-13H,2-5,8,11,14-19H2,1H3/b7-6-,10-9-,13-12-. The second-order valence-electron chi connectivity index (χ2n) is 5.54. The van der Waals surface area contributed by atoms with E-state index < -0.39 is 0 Å². The Morgan fingerprint density at radius 1 is 0.870 bits per heavy atom. The first kappa shape index (κ1) is 22.0. The van der Waals surface area contributed by atoms with E-state index in [2.05, 4.69) is 43.4 Å². The SMILES string of the molecule is CCCCC/C=C\C/C=C\C/C=C\CCCCC(=O)OCCCl. The fourth-order valence-corrected chi connectivity index (χ4v) is 2.12. The van der Waals surface area contributed by atoms with Crippen molar-refractivity contribution in [1.29, 1.82) is 0 Å². The summed E-state index contributed by atoms with van der Waals surface area (Å²) in [5, 5.41) is 0. The van der Waals surface area contributed by atoms with Crippen LogP contribution in [-0.2, 0) is 9.53 Å². The van der Waals surface area contributed by atoms with E-state index in [1.807, 2.05) is 0 Å². The molecule has 3 heteroatoms. The number of esters is 1. The van der Waals surface area contributed by atoms with Crippen molar-refractivity contribution in [3.8, 4) is 0 Å². The molecule has 2 nitrogen and oxygen atoms in total. The molecule has 0 unspecified atom stereocenters. The highest BCUT2D eigenvalue weighted by Gasteiger charge is 2.00. The summed E-state index contributed by atoms with van der Waals surface area (Å²) in [5.41, 5.74) is 0. The average Bonchev–Trinajstić information content (AvgIpc) is 2.56. The summed E-state index contributed by atoms with van der Waals surface area (Å²) in [6, 6.07) is 0. The first-order valence-electron chi connectivity index (χ1n) is 8.97. The lowest BCUT2D eigenvalue weighted by molar-refractivity contribution is -0.143. The van der Waals surface area contributed by atoms with Crippen LogP contribution in [0.5, 0.6) is 0 Å². The smallest absolute Gasteiger partial charge is 0.305 e. The van der Waals surface area contributed by atoms with Crippen LogP contribution in [-0.4, -0.2) is 18.5 Å². The molecule has 0 bridgehead atoms. The van der Waals surface area contributed by atoms with Crippen LogP contribution in [0.25, 0.3) is 0 Å². The molecule has 0 aliphatic rings. The van der Waals surface area contributed by atoms with Gasteiger partial charge >= 0.3 is 5.97 Å². The second-order valence-corrected chi connectivity index (χ2v) is 5.91. The van der Waals surface area contributed by atoms with E-state index in [0.29, 0.717) is 18.9 Å². The van der Waals surface area contributed by atoms with Gasteiger partial charge in [-0.05, 0) is 44.9 Å². The highest BCUT2D eigenvalue weighted by Crippen LogP contribution is 2.03. The first-order valence-corrected chi connectivity index (χ1v) is 9.51. The predicted octanol–water partition coefficient (Wildman–Crippen LogP) is 6.36. The number of ether oxygens (including phenoxy) is 1. The Kier molecular flexibility index (Phi) is 18.2. The lowest BCUT2D eigenvalue weighted by atomic mass is 10.1. The third-order valence-electron chi connectivity index (χ3n) is 3.36. The van der Waals surface area contributed by atoms with Crippen molar-refractivity contribution in [1.82, 2.24) is 0 Å². The van der Waals surface area contributed by atoms with Crippen molar-refractivity contribution in [3.05, 3.63) is 36.5 Å². The van der Waals surface area contributed by atoms with Crippen molar-refractivity contribution in [2.24, 2.45) is 0 Å². The van der Waals surface area contributed by atoms with E-state index >= 15 is 0 Å². The topological polar surface area (TPSA) is 26.3 Å². The van der Waals surface area contributed by atoms with E-state index in [4.69, 9.17) is 16.3 Å². The number of allylic oxidation sites excluding steroid dienone is 6. The van der Waals surface area contributed by atoms with E-state index in [0.717, 1.165) is 32.1 Å². The molecule has 0 aliphatic carbocycles. The van der Waals surface area contributed by atoms with Gasteiger partial charge in [-0.15, -0.1) is 11.6 Å². The summed E-state index contributed by atoms with van der Waals surface area (Å²) in [7, 11) is 0. The minimum atomic E-state index is -0.139. The number of carbonyl (C=O) groups is 1. The maximum absolute atomic E-state index is 11.2. The summed E-state index contributed by atoms with van der Waals surface area (Å²) in [5.74, 6) is 0.233. The van der Waals surface area contributed by atoms with Crippen LogP contribution >= 0.6 is 11.6 Å². The molecule has 0 aromatic rings. The van der Waals surface area contributed by atoms with E-state index in [1.165, 1.54) is 25.7 Å². The fraction of sp³-hybridized carbons (Fsp3) is 0.650. The summed E-state index contributed by atoms with van der Waals surface area (Å²) in [6.07, 6.45) is 23.9. The second kappa shape index (κ2) is 19.0. The van der Waals surface area contributed by atoms with E-state index in [9.17, 15) is 4.79 Å². The zero-order valence-corrected chi connectivity index (χ0v) is 15.4. The predicted molar refractivity (Wildman–Crippen MR) is 101 cm³/mol. The van der Waals surface area contributed by atoms with Gasteiger partial charge in [0.2, 0.25) is 0 Å². The van der Waals surface area contributed by atoms with Crippen LogP contribution in [0.4, 0.5) is 0 Å². The average molecular weight is 341 g/mol. The van der Waals surface area contributed by atoms with E-state index in [-0.39, 0.29) is 5.97 Å². The monoisotopic (exact) mass is 340 g/mol. The Morgan fingerprint density at radius 3 is 2.00 bits per heavy atom. The number of carbonyl (C=O) groups excluding carboxylic acids is 1. The number of rotatable bonds is 15. The largest absolute Gasteiger partial charge is 0.464 e. The normalized spacial score (nSPS) is 11.9. The van der Waals surface area contributed by atoms with Crippen LogP contribution in [0.3, 0.4) is 0 Å². The molecule has 0 fully saturated rings. The van der Waals surface area contributed by atoms with Crippen molar-refractivity contribution < 1.29 is 9.53 Å². The van der Waals surface area contributed by atoms with Gasteiger partial charge in [0.15, 0.2) is 0 Å². The number of hydrogen-bond donors (Lipinski definition) is 0. The summed E-state index contributed by atoms with van der Waals surface area (Å²) < 4.78 is 4.91. The summed E-state index contributed by atoms with van der Waals surface area (Å²) in [6.45, 7) is 2.55. The van der Waals surface area contributed by atoms with Gasteiger partial charge in [0.1, 0.15) is 6.61 Å². The van der Waals surface area contributed by atoms with Gasteiger partial charge in [0.05, 0.1) is 5.88 Å². The lowest BCUT2D eigenvalue weighted by Gasteiger charge is -2.01. The molecule has 0 aliphatic heterocycles. The van der Waals surface area contributed by atoms with Gasteiger partial charge < -0.3 is 4.74 Å². The Labute approximate surface area is 147 Å². The Balaban J connectivity index is 3.36. The van der Waals surface area contributed by atoms with Crippen LogP contribution in [0.2, 0.25) is 0 Å². The quantitative estimate of drug-likeness (QED) is 0.150. The molecule has 0 radical (unpaired) electrons. The molecule has 0 aromatic heterocycles. The minimum Gasteiger partial charge on any atom is -0.464 e. The summed E-state index contributed by atoms with van der Waals surface area (Å²) >= 11 is 5.45. The van der Waals surface area contributed by atoms with Crippen molar-refractivity contribution in [2.75, 3.05) is 12.5 Å². The third-order valence-corrected chi connectivity index (χ3v) is 3.51. The molecule has 0 saturated heterocycles. The van der Waals surface area contributed by atoms with Gasteiger partial charge in [-0.2, -0.15) is 0 Å². The van der Waals surface area contributed by atoms with Gasteiger partial charge in [-0.3, -0.25) is 4.79 Å². The number of unbranched alkanes of at least 4 members (excludes halogenated alkanes) is 5. The zero-order chi connectivity index (χ0) is 17.0. The molecule has 0 heterocycles. The van der Waals surface area contributed by atoms with Crippen LogP contribution in [0.1, 0.15) is 71.1 Å². The van der Waals surface area contributed by atoms with Crippen LogP contribution in [0.15, 0.2) is 36.5 Å². The molecule has 0 saturated carbocycles. The Hall–Kier alpha value is -1.02. The van der Waals surface area contributed by atoms with Gasteiger partial charge in [0.25, 0.3) is 0 Å². The molecule has 0 atom stereocenters. The first-order chi connectivity index (χ1) is 11.3. The highest BCUT2D eigenvalue weighted by molar-refractivity contribution is 6.18. The molecule has 0 spiro atoms. The minimum absolute atomic E-state index is 0.139. The zero-order valence-electron chi connectivity index (χ0n) is 14.6. The van der Waals surface area contributed by atoms with E-state index in [1.54, 1.807) is 0 Å². The van der Waals surface area contributed by atoms with Gasteiger partial charge in [-0.25, -0.2) is 0 Å². The fourth-order valence-electron chi connectivity index (χ4n) is 2.05. The summed E-state index contributed by atoms with van der Waals surface area (Å²) in [4.78, 5) is 11.2. The van der Waals surface area contributed by atoms with Crippen LogP contribution in [0, 0.1) is 0 Å². The van der Waals surface area contributed by atoms with Crippen molar-refractivity contribution in [2.45, 2.75) is 71.1 Å². The molecule has 0 rings (SSSR count). The molecule has 132 valence electrons. The highest BCUT2D eigenvalue weighted by atomic mass is 35.5. The molecule has 23 heavy (non-hydrogen) atoms. The molecule has 0 aromatic carbocycles. The Bertz CT molecular complexity index is 346. The lowest BCUT2D eigenvalue weighted by Crippen LogP contribution is -2.06. The maximum Gasteiger partial charge on any atom is 0.305 e. The maximum atomic E-state index is 11.2. The molecule has 0 N–H and O–H groups in total. The van der Waals surface area contributed by atoms with Crippen molar-refractivity contribution in [3.63, 3.8) is 0 Å². The molecular weight excluding hydrogens is 308 g/mol. The number of alkyl halides is 1. The van der Waals surface area contributed by atoms with Crippen LogP contribution < -0.4 is 0 Å². The van der Waals surface area contributed by atoms with Crippen molar-refractivity contribution >= 4 is 17.6 Å². The van der Waals surface area contributed by atoms with Gasteiger partial charge in [0, 0.05) is 6.42 Å². The van der Waals surface area contributed by atoms with Gasteiger partial charge in [-0.1, -0.05) is 56.2 Å².